The molecular weight excluding hydrogens is 395 g/mol. The molecule has 0 aliphatic carbocycles. The number of fused-ring (bicyclic) bond motifs is 1. The third kappa shape index (κ3) is 2.68. The van der Waals surface area contributed by atoms with Crippen LogP contribution in [0.25, 0.3) is 33.4 Å². The average molecular weight is 404 g/mol. The number of nitrogens with zero attached hydrogens (tertiary/aromatic N) is 3. The van der Waals surface area contributed by atoms with E-state index in [1.165, 1.54) is 18.2 Å². The van der Waals surface area contributed by atoms with Gasteiger partial charge in [0.25, 0.3) is 0 Å². The summed E-state index contributed by atoms with van der Waals surface area (Å²) >= 11 is 9.40. The molecule has 0 atom stereocenters. The lowest BCUT2D eigenvalue weighted by Gasteiger charge is -2.05. The number of halogens is 3. The molecule has 0 aliphatic heterocycles. The summed E-state index contributed by atoms with van der Waals surface area (Å²) in [6.45, 7) is 0. The molecule has 4 aromatic rings. The van der Waals surface area contributed by atoms with Crippen LogP contribution >= 0.6 is 27.5 Å². The summed E-state index contributed by atoms with van der Waals surface area (Å²) in [6.07, 6.45) is 1.74. The van der Waals surface area contributed by atoms with Gasteiger partial charge in [-0.15, -0.1) is 0 Å². The zero-order valence-corrected chi connectivity index (χ0v) is 14.4. The molecule has 2 heterocycles. The molecule has 0 radical (unpaired) electrons. The summed E-state index contributed by atoms with van der Waals surface area (Å²) in [5, 5.41) is 12.2. The van der Waals surface area contributed by atoms with Crippen molar-refractivity contribution in [2.45, 2.75) is 0 Å². The van der Waals surface area contributed by atoms with Crippen molar-refractivity contribution in [2.75, 3.05) is 0 Å². The molecule has 4 nitrogen and oxygen atoms in total. The lowest BCUT2D eigenvalue weighted by molar-refractivity contribution is 0.630. The van der Waals surface area contributed by atoms with Crippen LogP contribution in [0, 0.1) is 5.82 Å². The van der Waals surface area contributed by atoms with Crippen molar-refractivity contribution in [2.24, 2.45) is 0 Å². The molecule has 4 rings (SSSR count). The molecule has 2 aromatic carbocycles. The lowest BCUT2D eigenvalue weighted by Crippen LogP contribution is -1.89. The summed E-state index contributed by atoms with van der Waals surface area (Å²) in [5.74, 6) is -0.403. The number of benzene rings is 2. The maximum Gasteiger partial charge on any atom is 0.132 e. The molecule has 0 bridgehead atoms. The summed E-state index contributed by atoms with van der Waals surface area (Å²) in [5.41, 5.74) is 2.94. The first kappa shape index (κ1) is 15.2. The minimum absolute atomic E-state index is 0.304. The van der Waals surface area contributed by atoms with Crippen molar-refractivity contribution in [3.63, 3.8) is 0 Å². The smallest absolute Gasteiger partial charge is 0.132 e. The van der Waals surface area contributed by atoms with Gasteiger partial charge in [-0.3, -0.25) is 4.98 Å². The maximum atomic E-state index is 14.2. The van der Waals surface area contributed by atoms with Crippen molar-refractivity contribution in [1.82, 2.24) is 20.4 Å². The fraction of sp³-hybridized carbons (Fsp3) is 0. The fourth-order valence-corrected chi connectivity index (χ4v) is 3.07. The van der Waals surface area contributed by atoms with Gasteiger partial charge in [-0.1, -0.05) is 17.7 Å². The number of rotatable bonds is 2. The van der Waals surface area contributed by atoms with Gasteiger partial charge < -0.3 is 0 Å². The Balaban J connectivity index is 1.89. The number of nitrogens with one attached hydrogen (secondary N) is 1. The van der Waals surface area contributed by atoms with Gasteiger partial charge >= 0.3 is 0 Å². The molecule has 0 spiro atoms. The molecule has 0 saturated carbocycles. The van der Waals surface area contributed by atoms with Crippen LogP contribution in [0.2, 0.25) is 5.02 Å². The highest BCUT2D eigenvalue weighted by Crippen LogP contribution is 2.33. The number of hydrogen-bond acceptors (Lipinski definition) is 3. The molecule has 2 aromatic heterocycles. The molecule has 0 saturated heterocycles. The zero-order valence-electron chi connectivity index (χ0n) is 12.1. The molecule has 1 N–H and O–H groups in total. The fourth-order valence-electron chi connectivity index (χ4n) is 2.55. The third-order valence-electron chi connectivity index (χ3n) is 3.65. The van der Waals surface area contributed by atoms with Crippen LogP contribution in [-0.2, 0) is 0 Å². The Morgan fingerprint density at radius 1 is 1.00 bits per heavy atom. The van der Waals surface area contributed by atoms with Gasteiger partial charge in [0.1, 0.15) is 17.2 Å². The first-order valence-electron chi connectivity index (χ1n) is 7.04. The number of H-pyrrole nitrogens is 1. The molecule has 0 fully saturated rings. The third-order valence-corrected chi connectivity index (χ3v) is 4.32. The molecule has 0 amide bonds. The largest absolute Gasteiger partial charge is 0.255 e. The minimum atomic E-state index is -0.403. The van der Waals surface area contributed by atoms with E-state index in [1.807, 2.05) is 24.3 Å². The highest BCUT2D eigenvalue weighted by Gasteiger charge is 2.17. The first-order chi connectivity index (χ1) is 11.6. The number of aromatic nitrogens is 4. The number of aromatic amines is 1. The van der Waals surface area contributed by atoms with Crippen LogP contribution in [0.15, 0.2) is 53.1 Å². The van der Waals surface area contributed by atoms with Gasteiger partial charge in [-0.2, -0.15) is 15.4 Å². The van der Waals surface area contributed by atoms with E-state index >= 15 is 0 Å². The van der Waals surface area contributed by atoms with E-state index in [9.17, 15) is 4.39 Å². The molecule has 0 aliphatic rings. The van der Waals surface area contributed by atoms with Gasteiger partial charge in [0.15, 0.2) is 0 Å². The predicted molar refractivity (Wildman–Crippen MR) is 95.2 cm³/mol. The van der Waals surface area contributed by atoms with E-state index in [0.29, 0.717) is 22.0 Å². The molecule has 7 heteroatoms. The highest BCUT2D eigenvalue weighted by atomic mass is 79.9. The number of pyridine rings is 1. The van der Waals surface area contributed by atoms with Crippen molar-refractivity contribution < 1.29 is 4.39 Å². The molecule has 0 unspecified atom stereocenters. The van der Waals surface area contributed by atoms with E-state index in [0.717, 1.165) is 20.9 Å². The minimum Gasteiger partial charge on any atom is -0.255 e. The van der Waals surface area contributed by atoms with Crippen molar-refractivity contribution in [3.8, 4) is 22.5 Å². The Morgan fingerprint density at radius 3 is 2.71 bits per heavy atom. The topological polar surface area (TPSA) is 54.5 Å². The lowest BCUT2D eigenvalue weighted by atomic mass is 10.0. The predicted octanol–water partition coefficient (Wildman–Crippen LogP) is 5.24. The summed E-state index contributed by atoms with van der Waals surface area (Å²) in [6, 6.07) is 12.0. The van der Waals surface area contributed by atoms with E-state index < -0.39 is 5.82 Å². The summed E-state index contributed by atoms with van der Waals surface area (Å²) < 4.78 is 15.1. The van der Waals surface area contributed by atoms with Crippen molar-refractivity contribution in [1.29, 1.82) is 0 Å². The second-order valence-corrected chi connectivity index (χ2v) is 6.56. The van der Waals surface area contributed by atoms with Crippen LogP contribution in [0.5, 0.6) is 0 Å². The molecule has 24 heavy (non-hydrogen) atoms. The van der Waals surface area contributed by atoms with Crippen LogP contribution in [-0.4, -0.2) is 20.4 Å². The number of hydrogen-bond donors (Lipinski definition) is 1. The molecule has 118 valence electrons. The second kappa shape index (κ2) is 5.96. The van der Waals surface area contributed by atoms with Gasteiger partial charge in [-0.05, 0) is 52.3 Å². The summed E-state index contributed by atoms with van der Waals surface area (Å²) in [7, 11) is 0. The van der Waals surface area contributed by atoms with E-state index in [1.54, 1.807) is 6.20 Å². The van der Waals surface area contributed by atoms with E-state index in [-0.39, 0.29) is 0 Å². The van der Waals surface area contributed by atoms with Gasteiger partial charge in [0.05, 0.1) is 5.52 Å². The standard InChI is InChI=1S/C17H9BrClFN4/c18-11-6-10-5-9(1-4-15(10)21-8-11)16-17(23-24-22-16)13-7-12(19)2-3-14(13)20/h1-8H,(H,22,23,24). The Hall–Kier alpha value is -2.31. The zero-order chi connectivity index (χ0) is 16.7. The second-order valence-electron chi connectivity index (χ2n) is 5.21. The average Bonchev–Trinajstić information content (AvgIpc) is 3.05. The van der Waals surface area contributed by atoms with Crippen LogP contribution in [0.4, 0.5) is 4.39 Å². The Morgan fingerprint density at radius 2 is 1.83 bits per heavy atom. The summed E-state index contributed by atoms with van der Waals surface area (Å²) in [4.78, 5) is 4.34. The molecular formula is C17H9BrClFN4. The van der Waals surface area contributed by atoms with Gasteiger partial charge in [-0.25, -0.2) is 4.39 Å². The van der Waals surface area contributed by atoms with Crippen molar-refractivity contribution >= 4 is 38.4 Å². The Kier molecular flexibility index (Phi) is 3.78. The van der Waals surface area contributed by atoms with Crippen LogP contribution in [0.3, 0.4) is 0 Å². The highest BCUT2D eigenvalue weighted by molar-refractivity contribution is 9.10. The Labute approximate surface area is 149 Å². The van der Waals surface area contributed by atoms with E-state index in [4.69, 9.17) is 11.6 Å². The van der Waals surface area contributed by atoms with Crippen LogP contribution < -0.4 is 0 Å². The normalized spacial score (nSPS) is 11.1. The SMILES string of the molecule is Fc1ccc(Cl)cc1-c1n[nH]nc1-c1ccc2ncc(Br)cc2c1. The first-order valence-corrected chi connectivity index (χ1v) is 8.21. The monoisotopic (exact) mass is 402 g/mol. The maximum absolute atomic E-state index is 14.2. The van der Waals surface area contributed by atoms with E-state index in [2.05, 4.69) is 36.3 Å². The quantitative estimate of drug-likeness (QED) is 0.498. The Bertz CT molecular complexity index is 1060. The van der Waals surface area contributed by atoms with Crippen LogP contribution in [0.1, 0.15) is 0 Å². The van der Waals surface area contributed by atoms with Gasteiger partial charge in [0.2, 0.25) is 0 Å². The van der Waals surface area contributed by atoms with Crippen molar-refractivity contribution in [3.05, 3.63) is 64.0 Å². The van der Waals surface area contributed by atoms with Gasteiger partial charge in [0, 0.05) is 32.2 Å².